The van der Waals surface area contributed by atoms with E-state index in [4.69, 9.17) is 9.57 Å². The summed E-state index contributed by atoms with van der Waals surface area (Å²) >= 11 is 0. The molecule has 0 aromatic rings. The van der Waals surface area contributed by atoms with Crippen LogP contribution in [0.3, 0.4) is 0 Å². The smallest absolute Gasteiger partial charge is 0.281 e. The van der Waals surface area contributed by atoms with Crippen LogP contribution in [0, 0.1) is 0 Å². The van der Waals surface area contributed by atoms with E-state index in [-0.39, 0.29) is 0 Å². The summed E-state index contributed by atoms with van der Waals surface area (Å²) in [6.45, 7) is 8.47. The van der Waals surface area contributed by atoms with E-state index in [2.05, 4.69) is 4.84 Å². The van der Waals surface area contributed by atoms with Gasteiger partial charge in [0, 0.05) is 6.92 Å². The standard InChI is InChI=1S/C9H18FNO3/c1-6-7(2,3)12-9(5)8(4,10)13-11-14-9/h11H,6H2,1-5H3. The molecule has 0 amide bonds. The van der Waals surface area contributed by atoms with Gasteiger partial charge in [-0.05, 0) is 27.2 Å². The van der Waals surface area contributed by atoms with Crippen molar-refractivity contribution >= 4 is 0 Å². The Kier molecular flexibility index (Phi) is 2.89. The van der Waals surface area contributed by atoms with E-state index in [1.807, 2.05) is 26.4 Å². The highest BCUT2D eigenvalue weighted by molar-refractivity contribution is 4.85. The molecule has 1 heterocycles. The number of halogens is 1. The summed E-state index contributed by atoms with van der Waals surface area (Å²) in [5.74, 6) is -3.42. The molecular formula is C9H18FNO3. The highest BCUT2D eigenvalue weighted by atomic mass is 19.2. The van der Waals surface area contributed by atoms with Gasteiger partial charge in [0.1, 0.15) is 0 Å². The number of hydrogen-bond donors (Lipinski definition) is 1. The summed E-state index contributed by atoms with van der Waals surface area (Å²) in [4.78, 5) is 9.51. The number of alkyl halides is 1. The van der Waals surface area contributed by atoms with Crippen LogP contribution in [0.4, 0.5) is 4.39 Å². The Labute approximate surface area is 83.6 Å². The van der Waals surface area contributed by atoms with Gasteiger partial charge in [-0.1, -0.05) is 12.6 Å². The Hall–Kier alpha value is -0.230. The van der Waals surface area contributed by atoms with Crippen molar-refractivity contribution in [1.29, 1.82) is 0 Å². The highest BCUT2D eigenvalue weighted by Gasteiger charge is 2.57. The van der Waals surface area contributed by atoms with Crippen LogP contribution in [0.5, 0.6) is 0 Å². The third-order valence-electron chi connectivity index (χ3n) is 2.60. The molecule has 2 atom stereocenters. The van der Waals surface area contributed by atoms with Crippen LogP contribution in [0.25, 0.3) is 0 Å². The van der Waals surface area contributed by atoms with Crippen LogP contribution < -0.4 is 5.64 Å². The van der Waals surface area contributed by atoms with Crippen LogP contribution >= 0.6 is 0 Å². The van der Waals surface area contributed by atoms with Gasteiger partial charge in [-0.2, -0.15) is 0 Å². The number of ether oxygens (including phenoxy) is 1. The summed E-state index contributed by atoms with van der Waals surface area (Å²) < 4.78 is 19.4. The van der Waals surface area contributed by atoms with Gasteiger partial charge in [0.15, 0.2) is 0 Å². The highest BCUT2D eigenvalue weighted by Crippen LogP contribution is 2.39. The molecule has 0 radical (unpaired) electrons. The van der Waals surface area contributed by atoms with Crippen LogP contribution in [-0.4, -0.2) is 17.2 Å². The van der Waals surface area contributed by atoms with E-state index in [1.165, 1.54) is 13.8 Å². The van der Waals surface area contributed by atoms with E-state index in [9.17, 15) is 4.39 Å². The molecule has 5 heteroatoms. The molecule has 0 aromatic carbocycles. The monoisotopic (exact) mass is 207 g/mol. The molecule has 1 fully saturated rings. The van der Waals surface area contributed by atoms with E-state index >= 15 is 0 Å². The lowest BCUT2D eigenvalue weighted by Crippen LogP contribution is -2.50. The van der Waals surface area contributed by atoms with Gasteiger partial charge in [0.05, 0.1) is 5.60 Å². The largest absolute Gasteiger partial charge is 0.338 e. The first kappa shape index (κ1) is 11.8. The molecule has 2 unspecified atom stereocenters. The Bertz CT molecular complexity index is 220. The minimum atomic E-state index is -2.00. The lowest BCUT2D eigenvalue weighted by molar-refractivity contribution is -0.309. The average Bonchev–Trinajstić information content (AvgIpc) is 2.25. The summed E-state index contributed by atoms with van der Waals surface area (Å²) in [6, 6.07) is 0. The molecule has 0 aliphatic carbocycles. The van der Waals surface area contributed by atoms with Gasteiger partial charge < -0.3 is 4.74 Å². The Morgan fingerprint density at radius 1 is 1.36 bits per heavy atom. The summed E-state index contributed by atoms with van der Waals surface area (Å²) in [6.07, 6.45) is 0.752. The normalized spacial score (nSPS) is 39.0. The van der Waals surface area contributed by atoms with Crippen LogP contribution in [0.2, 0.25) is 0 Å². The van der Waals surface area contributed by atoms with Gasteiger partial charge in [-0.15, -0.1) is 0 Å². The second-order valence-electron chi connectivity index (χ2n) is 4.37. The summed E-state index contributed by atoms with van der Waals surface area (Å²) in [5.41, 5.74) is 1.59. The first-order chi connectivity index (χ1) is 6.22. The SMILES string of the molecule is CCC(C)(C)OC1(C)ONOC1(C)F. The summed E-state index contributed by atoms with van der Waals surface area (Å²) in [7, 11) is 0. The van der Waals surface area contributed by atoms with Gasteiger partial charge >= 0.3 is 0 Å². The molecule has 0 aromatic heterocycles. The van der Waals surface area contributed by atoms with Crippen molar-refractivity contribution in [3.8, 4) is 0 Å². The minimum absolute atomic E-state index is 0.461. The van der Waals surface area contributed by atoms with E-state index in [0.717, 1.165) is 6.42 Å². The molecule has 1 N–H and O–H groups in total. The van der Waals surface area contributed by atoms with Crippen molar-refractivity contribution < 1.29 is 18.8 Å². The third-order valence-corrected chi connectivity index (χ3v) is 2.60. The zero-order valence-corrected chi connectivity index (χ0v) is 9.31. The van der Waals surface area contributed by atoms with Gasteiger partial charge in [-0.3, -0.25) is 0 Å². The molecule has 0 bridgehead atoms. The maximum Gasteiger partial charge on any atom is 0.281 e. The Morgan fingerprint density at radius 2 is 1.93 bits per heavy atom. The molecule has 0 spiro atoms. The predicted octanol–water partition coefficient (Wildman–Crippen LogP) is 2.06. The van der Waals surface area contributed by atoms with Gasteiger partial charge in [-0.25, -0.2) is 14.1 Å². The number of rotatable bonds is 3. The van der Waals surface area contributed by atoms with E-state index < -0.39 is 17.2 Å². The van der Waals surface area contributed by atoms with Crippen molar-refractivity contribution in [1.82, 2.24) is 5.64 Å². The van der Waals surface area contributed by atoms with Crippen LogP contribution in [-0.2, 0) is 14.4 Å². The molecule has 1 saturated heterocycles. The van der Waals surface area contributed by atoms with Crippen LogP contribution in [0.15, 0.2) is 0 Å². The van der Waals surface area contributed by atoms with Crippen molar-refractivity contribution in [2.24, 2.45) is 0 Å². The summed E-state index contributed by atoms with van der Waals surface area (Å²) in [5, 5.41) is 0. The molecule has 0 saturated carbocycles. The maximum absolute atomic E-state index is 13.8. The molecular weight excluding hydrogens is 189 g/mol. The van der Waals surface area contributed by atoms with Crippen molar-refractivity contribution in [2.45, 2.75) is 58.3 Å². The maximum atomic E-state index is 13.8. The fraction of sp³-hybridized carbons (Fsp3) is 1.00. The van der Waals surface area contributed by atoms with Crippen molar-refractivity contribution in [3.63, 3.8) is 0 Å². The minimum Gasteiger partial charge on any atom is -0.338 e. The zero-order chi connectivity index (χ0) is 11.0. The Balaban J connectivity index is 2.76. The second kappa shape index (κ2) is 3.41. The molecule has 1 aliphatic heterocycles. The molecule has 4 nitrogen and oxygen atoms in total. The first-order valence-corrected chi connectivity index (χ1v) is 4.72. The van der Waals surface area contributed by atoms with E-state index in [0.29, 0.717) is 0 Å². The van der Waals surface area contributed by atoms with Crippen LogP contribution in [0.1, 0.15) is 41.0 Å². The van der Waals surface area contributed by atoms with Crippen molar-refractivity contribution in [2.75, 3.05) is 0 Å². The average molecular weight is 207 g/mol. The number of nitrogens with one attached hydrogen (secondary N) is 1. The fourth-order valence-corrected chi connectivity index (χ4v) is 1.07. The second-order valence-corrected chi connectivity index (χ2v) is 4.37. The van der Waals surface area contributed by atoms with Gasteiger partial charge in [0.25, 0.3) is 5.85 Å². The fourth-order valence-electron chi connectivity index (χ4n) is 1.07. The first-order valence-electron chi connectivity index (χ1n) is 4.72. The number of hydrogen-bond acceptors (Lipinski definition) is 4. The lowest BCUT2D eigenvalue weighted by atomic mass is 10.0. The van der Waals surface area contributed by atoms with E-state index in [1.54, 1.807) is 0 Å². The van der Waals surface area contributed by atoms with Gasteiger partial charge in [0.2, 0.25) is 5.79 Å². The molecule has 14 heavy (non-hydrogen) atoms. The predicted molar refractivity (Wildman–Crippen MR) is 48.7 cm³/mol. The molecule has 1 rings (SSSR count). The quantitative estimate of drug-likeness (QED) is 0.769. The molecule has 84 valence electrons. The Morgan fingerprint density at radius 3 is 2.29 bits per heavy atom. The topological polar surface area (TPSA) is 39.7 Å². The zero-order valence-electron chi connectivity index (χ0n) is 9.31. The van der Waals surface area contributed by atoms with Crippen molar-refractivity contribution in [3.05, 3.63) is 0 Å². The third kappa shape index (κ3) is 2.06. The lowest BCUT2D eigenvalue weighted by Gasteiger charge is -2.36. The molecule has 1 aliphatic rings.